The predicted octanol–water partition coefficient (Wildman–Crippen LogP) is 4.04. The third-order valence-corrected chi connectivity index (χ3v) is 6.56. The molecule has 37 heavy (non-hydrogen) atoms. The summed E-state index contributed by atoms with van der Waals surface area (Å²) in [5, 5.41) is 12.1. The van der Waals surface area contributed by atoms with E-state index in [1.165, 1.54) is 0 Å². The van der Waals surface area contributed by atoms with Gasteiger partial charge in [-0.25, -0.2) is 4.79 Å². The van der Waals surface area contributed by atoms with Crippen molar-refractivity contribution in [2.75, 3.05) is 38.0 Å². The number of nitrogens with zero attached hydrogens (tertiary/aromatic N) is 2. The number of piperidine rings is 1. The van der Waals surface area contributed by atoms with Gasteiger partial charge in [0.15, 0.2) is 0 Å². The lowest BCUT2D eigenvalue weighted by atomic mass is 10.0. The van der Waals surface area contributed by atoms with E-state index >= 15 is 0 Å². The zero-order valence-electron chi connectivity index (χ0n) is 20.9. The summed E-state index contributed by atoms with van der Waals surface area (Å²) >= 11 is 0. The summed E-state index contributed by atoms with van der Waals surface area (Å²) in [6.07, 6.45) is 1.90. The maximum atomic E-state index is 12.6. The molecule has 1 heterocycles. The fourth-order valence-electron chi connectivity index (χ4n) is 4.62. The van der Waals surface area contributed by atoms with Crippen LogP contribution >= 0.6 is 0 Å². The summed E-state index contributed by atoms with van der Waals surface area (Å²) in [5.41, 5.74) is 7.98. The molecule has 0 bridgehead atoms. The third-order valence-electron chi connectivity index (χ3n) is 6.56. The van der Waals surface area contributed by atoms with Crippen LogP contribution in [0.2, 0.25) is 0 Å². The fourth-order valence-corrected chi connectivity index (χ4v) is 4.62. The number of ether oxygens (including phenoxy) is 1. The number of likely N-dealkylation sites (tertiary alicyclic amines) is 1. The molecular formula is C29H34N4O4. The van der Waals surface area contributed by atoms with Crippen LogP contribution in [0.4, 0.5) is 5.69 Å². The second-order valence-corrected chi connectivity index (χ2v) is 9.26. The van der Waals surface area contributed by atoms with E-state index in [2.05, 4.69) is 15.1 Å². The number of para-hydroxylation sites is 1. The second kappa shape index (κ2) is 13.0. The Hall–Kier alpha value is -3.72. The maximum Gasteiger partial charge on any atom is 0.335 e. The summed E-state index contributed by atoms with van der Waals surface area (Å²) in [6, 6.07) is 24.3. The van der Waals surface area contributed by atoms with Gasteiger partial charge in [0.25, 0.3) is 0 Å². The van der Waals surface area contributed by atoms with Gasteiger partial charge in [-0.1, -0.05) is 30.3 Å². The molecule has 1 aliphatic rings. The second-order valence-electron chi connectivity index (χ2n) is 9.26. The van der Waals surface area contributed by atoms with Crippen molar-refractivity contribution in [1.82, 2.24) is 9.80 Å². The van der Waals surface area contributed by atoms with Crippen LogP contribution in [-0.4, -0.2) is 65.5 Å². The van der Waals surface area contributed by atoms with Crippen molar-refractivity contribution in [1.29, 1.82) is 0 Å². The molecule has 1 amide bonds. The molecule has 0 spiro atoms. The first-order chi connectivity index (χ1) is 18.0. The van der Waals surface area contributed by atoms with Gasteiger partial charge in [0.2, 0.25) is 5.91 Å². The fraction of sp³-hybridized carbons (Fsp3) is 0.310. The molecule has 1 fully saturated rings. The highest BCUT2D eigenvalue weighted by atomic mass is 16.5. The molecule has 3 aromatic rings. The van der Waals surface area contributed by atoms with Crippen LogP contribution in [0.5, 0.6) is 11.5 Å². The minimum Gasteiger partial charge on any atom is -0.478 e. The quantitative estimate of drug-likeness (QED) is 0.363. The van der Waals surface area contributed by atoms with Gasteiger partial charge in [-0.3, -0.25) is 14.6 Å². The number of hydrogen-bond acceptors (Lipinski definition) is 6. The number of hydrogen-bond donors (Lipinski definition) is 3. The standard InChI is InChI=1S/C29H34N4O4/c30-16-19-33(20-22-6-8-23(9-7-22)29(35)36)25-14-17-32(18-15-25)21-28(34)31-24-10-12-27(13-11-24)37-26-4-2-1-3-5-26/h1-13,25H,14-21,30H2,(H,31,34)(H,35,36). The summed E-state index contributed by atoms with van der Waals surface area (Å²) in [4.78, 5) is 28.3. The summed E-state index contributed by atoms with van der Waals surface area (Å²) in [6.45, 7) is 4.08. The van der Waals surface area contributed by atoms with Gasteiger partial charge in [-0.2, -0.15) is 0 Å². The van der Waals surface area contributed by atoms with Gasteiger partial charge in [-0.15, -0.1) is 0 Å². The minimum atomic E-state index is -0.920. The molecule has 1 aliphatic heterocycles. The van der Waals surface area contributed by atoms with E-state index < -0.39 is 5.97 Å². The SMILES string of the molecule is NCCN(Cc1ccc(C(=O)O)cc1)C1CCN(CC(=O)Nc2ccc(Oc3ccccc3)cc2)CC1. The first-order valence-electron chi connectivity index (χ1n) is 12.6. The Morgan fingerprint density at radius 3 is 2.22 bits per heavy atom. The van der Waals surface area contributed by atoms with E-state index in [0.29, 0.717) is 24.9 Å². The number of amides is 1. The maximum absolute atomic E-state index is 12.6. The molecule has 4 rings (SSSR count). The van der Waals surface area contributed by atoms with Gasteiger partial charge >= 0.3 is 5.97 Å². The van der Waals surface area contributed by atoms with Crippen molar-refractivity contribution < 1.29 is 19.4 Å². The van der Waals surface area contributed by atoms with E-state index in [1.807, 2.05) is 66.7 Å². The molecule has 0 unspecified atom stereocenters. The van der Waals surface area contributed by atoms with Crippen LogP contribution in [0, 0.1) is 0 Å². The van der Waals surface area contributed by atoms with Crippen LogP contribution in [-0.2, 0) is 11.3 Å². The van der Waals surface area contributed by atoms with E-state index in [-0.39, 0.29) is 11.5 Å². The lowest BCUT2D eigenvalue weighted by Crippen LogP contribution is -2.47. The number of nitrogens with two attached hydrogens (primary N) is 1. The molecule has 0 radical (unpaired) electrons. The number of carbonyl (C=O) groups is 2. The van der Waals surface area contributed by atoms with Gasteiger partial charge in [-0.05, 0) is 66.9 Å². The van der Waals surface area contributed by atoms with E-state index in [4.69, 9.17) is 15.6 Å². The normalized spacial score (nSPS) is 14.4. The van der Waals surface area contributed by atoms with Gasteiger partial charge in [0, 0.05) is 44.5 Å². The summed E-state index contributed by atoms with van der Waals surface area (Å²) in [7, 11) is 0. The number of carboxylic acid groups (broad SMARTS) is 1. The first kappa shape index (κ1) is 26.3. The topological polar surface area (TPSA) is 108 Å². The minimum absolute atomic E-state index is 0.0347. The number of benzene rings is 3. The highest BCUT2D eigenvalue weighted by Crippen LogP contribution is 2.23. The summed E-state index contributed by atoms with van der Waals surface area (Å²) < 4.78 is 5.80. The van der Waals surface area contributed by atoms with E-state index in [9.17, 15) is 9.59 Å². The van der Waals surface area contributed by atoms with Gasteiger partial charge in [0.05, 0.1) is 12.1 Å². The molecule has 4 N–H and O–H groups in total. The van der Waals surface area contributed by atoms with Crippen molar-refractivity contribution in [3.8, 4) is 11.5 Å². The van der Waals surface area contributed by atoms with Crippen molar-refractivity contribution in [2.45, 2.75) is 25.4 Å². The zero-order valence-corrected chi connectivity index (χ0v) is 20.9. The number of aromatic carboxylic acids is 1. The Morgan fingerprint density at radius 1 is 0.946 bits per heavy atom. The van der Waals surface area contributed by atoms with Crippen molar-refractivity contribution in [3.63, 3.8) is 0 Å². The van der Waals surface area contributed by atoms with Crippen molar-refractivity contribution >= 4 is 17.6 Å². The van der Waals surface area contributed by atoms with E-state index in [0.717, 1.165) is 56.0 Å². The van der Waals surface area contributed by atoms with E-state index in [1.54, 1.807) is 12.1 Å². The average Bonchev–Trinajstić information content (AvgIpc) is 2.91. The van der Waals surface area contributed by atoms with Crippen molar-refractivity contribution in [3.05, 3.63) is 90.0 Å². The van der Waals surface area contributed by atoms with Crippen LogP contribution in [0.25, 0.3) is 0 Å². The van der Waals surface area contributed by atoms with Crippen LogP contribution in [0.15, 0.2) is 78.9 Å². The Labute approximate surface area is 217 Å². The molecule has 8 nitrogen and oxygen atoms in total. The molecule has 8 heteroatoms. The molecule has 3 aromatic carbocycles. The number of carbonyl (C=O) groups excluding carboxylic acids is 1. The summed E-state index contributed by atoms with van der Waals surface area (Å²) in [5.74, 6) is 0.526. The third kappa shape index (κ3) is 7.88. The van der Waals surface area contributed by atoms with Crippen LogP contribution in [0.3, 0.4) is 0 Å². The largest absolute Gasteiger partial charge is 0.478 e. The smallest absolute Gasteiger partial charge is 0.335 e. The predicted molar refractivity (Wildman–Crippen MR) is 144 cm³/mol. The number of carboxylic acids is 1. The molecule has 0 atom stereocenters. The number of rotatable bonds is 11. The highest BCUT2D eigenvalue weighted by Gasteiger charge is 2.25. The molecule has 0 saturated carbocycles. The Bertz CT molecular complexity index is 1140. The Balaban J connectivity index is 1.23. The number of anilines is 1. The molecular weight excluding hydrogens is 468 g/mol. The highest BCUT2D eigenvalue weighted by molar-refractivity contribution is 5.92. The monoisotopic (exact) mass is 502 g/mol. The molecule has 0 aromatic heterocycles. The van der Waals surface area contributed by atoms with Crippen molar-refractivity contribution in [2.24, 2.45) is 5.73 Å². The number of nitrogens with one attached hydrogen (secondary N) is 1. The molecule has 1 saturated heterocycles. The van der Waals surface area contributed by atoms with Crippen LogP contribution < -0.4 is 15.8 Å². The molecule has 194 valence electrons. The first-order valence-corrected chi connectivity index (χ1v) is 12.6. The lowest BCUT2D eigenvalue weighted by Gasteiger charge is -2.38. The van der Waals surface area contributed by atoms with Gasteiger partial charge < -0.3 is 20.9 Å². The molecule has 0 aliphatic carbocycles. The average molecular weight is 503 g/mol. The lowest BCUT2D eigenvalue weighted by molar-refractivity contribution is -0.117. The Kier molecular flexibility index (Phi) is 9.26. The van der Waals surface area contributed by atoms with Crippen LogP contribution in [0.1, 0.15) is 28.8 Å². The zero-order chi connectivity index (χ0) is 26.0. The Morgan fingerprint density at radius 2 is 1.59 bits per heavy atom. The van der Waals surface area contributed by atoms with Gasteiger partial charge in [0.1, 0.15) is 11.5 Å².